The largest absolute Gasteiger partial charge is 0.379 e. The molecule has 2 aromatic rings. The summed E-state index contributed by atoms with van der Waals surface area (Å²) in [6.07, 6.45) is 2.84. The lowest BCUT2D eigenvalue weighted by molar-refractivity contribution is -0.384. The number of nitro benzene ring substituents is 1. The van der Waals surface area contributed by atoms with Crippen molar-refractivity contribution in [1.29, 1.82) is 0 Å². The number of anilines is 1. The smallest absolute Gasteiger partial charge is 0.293 e. The van der Waals surface area contributed by atoms with Crippen molar-refractivity contribution in [3.8, 4) is 0 Å². The second kappa shape index (κ2) is 8.06. The Morgan fingerprint density at radius 1 is 1.22 bits per heavy atom. The monoisotopic (exact) mass is 390 g/mol. The summed E-state index contributed by atoms with van der Waals surface area (Å²) in [6, 6.07) is 13.9. The fourth-order valence-corrected chi connectivity index (χ4v) is 3.99. The lowest BCUT2D eigenvalue weighted by atomic mass is 9.89. The van der Waals surface area contributed by atoms with Crippen LogP contribution >= 0.6 is 0 Å². The van der Waals surface area contributed by atoms with Crippen molar-refractivity contribution in [3.63, 3.8) is 0 Å². The third-order valence-electron chi connectivity index (χ3n) is 4.72. The molecule has 1 aliphatic heterocycles. The van der Waals surface area contributed by atoms with Gasteiger partial charge in [0.15, 0.2) is 9.84 Å². The SMILES string of the molecule is CS(=O)(=O)c1ccc(NCC2CCCOC2c2ccccc2)c([N+](=O)[O-])c1. The molecule has 0 aromatic heterocycles. The zero-order valence-corrected chi connectivity index (χ0v) is 15.8. The van der Waals surface area contributed by atoms with Gasteiger partial charge in [-0.1, -0.05) is 30.3 Å². The molecule has 0 bridgehead atoms. The standard InChI is InChI=1S/C19H22N2O5S/c1-27(24,25)16-9-10-17(18(12-16)21(22)23)20-13-15-8-5-11-26-19(15)14-6-3-2-4-7-14/h2-4,6-7,9-10,12,15,19-20H,5,8,11,13H2,1H3. The molecule has 3 rings (SSSR count). The van der Waals surface area contributed by atoms with Crippen LogP contribution in [0.15, 0.2) is 53.4 Å². The Morgan fingerprint density at radius 2 is 1.96 bits per heavy atom. The van der Waals surface area contributed by atoms with Crippen LogP contribution in [0.1, 0.15) is 24.5 Å². The highest BCUT2D eigenvalue weighted by Crippen LogP contribution is 2.35. The van der Waals surface area contributed by atoms with Crippen LogP contribution in [0, 0.1) is 16.0 Å². The van der Waals surface area contributed by atoms with Gasteiger partial charge in [0, 0.05) is 31.4 Å². The van der Waals surface area contributed by atoms with Crippen molar-refractivity contribution in [3.05, 3.63) is 64.2 Å². The number of ether oxygens (including phenoxy) is 1. The highest BCUT2D eigenvalue weighted by Gasteiger charge is 2.28. The molecule has 1 heterocycles. The molecule has 0 aliphatic carbocycles. The molecule has 0 saturated carbocycles. The van der Waals surface area contributed by atoms with Gasteiger partial charge >= 0.3 is 0 Å². The molecule has 27 heavy (non-hydrogen) atoms. The van der Waals surface area contributed by atoms with E-state index >= 15 is 0 Å². The van der Waals surface area contributed by atoms with Gasteiger partial charge < -0.3 is 10.1 Å². The predicted molar refractivity (Wildman–Crippen MR) is 103 cm³/mol. The molecule has 1 aliphatic rings. The van der Waals surface area contributed by atoms with E-state index in [4.69, 9.17) is 4.74 Å². The van der Waals surface area contributed by atoms with E-state index in [0.29, 0.717) is 18.8 Å². The van der Waals surface area contributed by atoms with Crippen LogP contribution in [0.25, 0.3) is 0 Å². The first kappa shape index (κ1) is 19.3. The molecule has 0 radical (unpaired) electrons. The summed E-state index contributed by atoms with van der Waals surface area (Å²) in [4.78, 5) is 10.8. The van der Waals surface area contributed by atoms with Gasteiger partial charge in [0.2, 0.25) is 0 Å². The minimum atomic E-state index is -3.51. The van der Waals surface area contributed by atoms with Gasteiger partial charge in [0.05, 0.1) is 15.9 Å². The van der Waals surface area contributed by atoms with E-state index < -0.39 is 14.8 Å². The maximum absolute atomic E-state index is 11.7. The van der Waals surface area contributed by atoms with E-state index in [9.17, 15) is 18.5 Å². The molecule has 2 atom stereocenters. The summed E-state index contributed by atoms with van der Waals surface area (Å²) in [7, 11) is -3.51. The first-order chi connectivity index (χ1) is 12.9. The highest BCUT2D eigenvalue weighted by molar-refractivity contribution is 7.90. The van der Waals surface area contributed by atoms with Gasteiger partial charge in [-0.05, 0) is 30.5 Å². The molecular formula is C19H22N2O5S. The van der Waals surface area contributed by atoms with Crippen LogP contribution in [0.3, 0.4) is 0 Å². The number of nitrogens with zero attached hydrogens (tertiary/aromatic N) is 1. The third-order valence-corrected chi connectivity index (χ3v) is 5.83. The molecule has 7 nitrogen and oxygen atoms in total. The van der Waals surface area contributed by atoms with Gasteiger partial charge in [0.1, 0.15) is 5.69 Å². The minimum Gasteiger partial charge on any atom is -0.379 e. The van der Waals surface area contributed by atoms with E-state index in [-0.39, 0.29) is 22.6 Å². The van der Waals surface area contributed by atoms with Gasteiger partial charge in [0.25, 0.3) is 5.69 Å². The average molecular weight is 390 g/mol. The van der Waals surface area contributed by atoms with Gasteiger partial charge in [-0.3, -0.25) is 10.1 Å². The molecule has 0 spiro atoms. The quantitative estimate of drug-likeness (QED) is 0.598. The van der Waals surface area contributed by atoms with E-state index in [1.807, 2.05) is 30.3 Å². The second-order valence-electron chi connectivity index (χ2n) is 6.69. The van der Waals surface area contributed by atoms with Crippen molar-refractivity contribution >= 4 is 21.2 Å². The van der Waals surface area contributed by atoms with E-state index in [1.54, 1.807) is 0 Å². The van der Waals surface area contributed by atoms with Gasteiger partial charge in [-0.2, -0.15) is 0 Å². The Labute approximate surface area is 158 Å². The Hall–Kier alpha value is -2.45. The maximum Gasteiger partial charge on any atom is 0.293 e. The van der Waals surface area contributed by atoms with Crippen LogP contribution < -0.4 is 5.32 Å². The maximum atomic E-state index is 11.7. The Balaban J connectivity index is 1.79. The Bertz CT molecular complexity index is 915. The second-order valence-corrected chi connectivity index (χ2v) is 8.71. The van der Waals surface area contributed by atoms with Crippen molar-refractivity contribution < 1.29 is 18.1 Å². The number of nitro groups is 1. The van der Waals surface area contributed by atoms with Crippen molar-refractivity contribution in [2.45, 2.75) is 23.8 Å². The summed E-state index contributed by atoms with van der Waals surface area (Å²) in [5.41, 5.74) is 1.15. The Morgan fingerprint density at radius 3 is 2.63 bits per heavy atom. The lowest BCUT2D eigenvalue weighted by Crippen LogP contribution is -2.28. The molecular weight excluding hydrogens is 368 g/mol. The van der Waals surface area contributed by atoms with Crippen LogP contribution in [-0.4, -0.2) is 32.7 Å². The minimum absolute atomic E-state index is 0.0667. The summed E-state index contributed by atoms with van der Waals surface area (Å²) < 4.78 is 29.3. The predicted octanol–water partition coefficient (Wildman–Crippen LogP) is 3.58. The summed E-state index contributed by atoms with van der Waals surface area (Å²) in [5, 5.41) is 14.5. The molecule has 144 valence electrons. The number of benzene rings is 2. The fourth-order valence-electron chi connectivity index (χ4n) is 3.35. The number of hydrogen-bond acceptors (Lipinski definition) is 6. The first-order valence-corrected chi connectivity index (χ1v) is 10.6. The van der Waals surface area contributed by atoms with Crippen LogP contribution in [0.2, 0.25) is 0 Å². The number of sulfone groups is 1. The first-order valence-electron chi connectivity index (χ1n) is 8.75. The molecule has 1 fully saturated rings. The molecule has 2 unspecified atom stereocenters. The molecule has 8 heteroatoms. The zero-order valence-electron chi connectivity index (χ0n) is 15.0. The third kappa shape index (κ3) is 4.64. The molecule has 2 aromatic carbocycles. The van der Waals surface area contributed by atoms with Crippen LogP contribution in [0.5, 0.6) is 0 Å². The van der Waals surface area contributed by atoms with E-state index in [0.717, 1.165) is 30.7 Å². The van der Waals surface area contributed by atoms with Gasteiger partial charge in [-0.15, -0.1) is 0 Å². The molecule has 0 amide bonds. The molecule has 1 N–H and O–H groups in total. The number of rotatable bonds is 6. The number of nitrogens with one attached hydrogen (secondary N) is 1. The highest BCUT2D eigenvalue weighted by atomic mass is 32.2. The van der Waals surface area contributed by atoms with Crippen molar-refractivity contribution in [2.24, 2.45) is 5.92 Å². The van der Waals surface area contributed by atoms with Crippen molar-refractivity contribution in [1.82, 2.24) is 0 Å². The average Bonchev–Trinajstić information content (AvgIpc) is 2.66. The van der Waals surface area contributed by atoms with E-state index in [1.165, 1.54) is 12.1 Å². The summed E-state index contributed by atoms with van der Waals surface area (Å²) in [6.45, 7) is 1.19. The summed E-state index contributed by atoms with van der Waals surface area (Å²) >= 11 is 0. The fraction of sp³-hybridized carbons (Fsp3) is 0.368. The molecule has 1 saturated heterocycles. The topological polar surface area (TPSA) is 98.5 Å². The zero-order chi connectivity index (χ0) is 19.4. The van der Waals surface area contributed by atoms with Crippen LogP contribution in [0.4, 0.5) is 11.4 Å². The van der Waals surface area contributed by atoms with Crippen molar-refractivity contribution in [2.75, 3.05) is 24.7 Å². The normalized spacial score (nSPS) is 20.2. The van der Waals surface area contributed by atoms with E-state index in [2.05, 4.69) is 5.32 Å². The number of hydrogen-bond donors (Lipinski definition) is 1. The lowest BCUT2D eigenvalue weighted by Gasteiger charge is -2.32. The Kier molecular flexibility index (Phi) is 5.76. The van der Waals surface area contributed by atoms with Gasteiger partial charge in [-0.25, -0.2) is 8.42 Å². The summed E-state index contributed by atoms with van der Waals surface area (Å²) in [5.74, 6) is 0.162. The van der Waals surface area contributed by atoms with Crippen LogP contribution in [-0.2, 0) is 14.6 Å².